The van der Waals surface area contributed by atoms with E-state index in [2.05, 4.69) is 22.4 Å². The molecule has 1 atom stereocenters. The van der Waals surface area contributed by atoms with Crippen LogP contribution in [0.4, 0.5) is 0 Å². The van der Waals surface area contributed by atoms with Crippen LogP contribution in [0.2, 0.25) is 0 Å². The highest BCUT2D eigenvalue weighted by Crippen LogP contribution is 2.38. The molecule has 170 valence electrons. The number of pyridine rings is 1. The molecule has 0 bridgehead atoms. The standard InChI is InChI=1S/C27H29N3O3/c1-28-26(32)27(17-21-9-3-5-11-23(21)22-10-7-14-29-18-22)13-15-30(19-27)25(31)16-20-8-4-6-12-24(20)33-2/h3-12,14,18H,13,15-17,19H2,1-2H3,(H,28,32)/t27-/m0/s1. The van der Waals surface area contributed by atoms with Gasteiger partial charge in [-0.2, -0.15) is 0 Å². The average Bonchev–Trinajstić information content (AvgIpc) is 3.30. The quantitative estimate of drug-likeness (QED) is 0.607. The lowest BCUT2D eigenvalue weighted by molar-refractivity contribution is -0.132. The smallest absolute Gasteiger partial charge is 0.228 e. The van der Waals surface area contributed by atoms with Gasteiger partial charge in [-0.1, -0.05) is 48.5 Å². The first-order valence-corrected chi connectivity index (χ1v) is 11.2. The minimum atomic E-state index is -0.677. The van der Waals surface area contributed by atoms with Gasteiger partial charge in [-0.15, -0.1) is 0 Å². The third-order valence-electron chi connectivity index (χ3n) is 6.47. The van der Waals surface area contributed by atoms with Crippen LogP contribution in [0.25, 0.3) is 11.1 Å². The molecule has 4 rings (SSSR count). The van der Waals surface area contributed by atoms with Gasteiger partial charge in [-0.05, 0) is 36.1 Å². The molecule has 1 aliphatic heterocycles. The molecule has 0 aliphatic carbocycles. The van der Waals surface area contributed by atoms with Gasteiger partial charge >= 0.3 is 0 Å². The van der Waals surface area contributed by atoms with Crippen molar-refractivity contribution in [2.75, 3.05) is 27.2 Å². The molecule has 0 unspecified atom stereocenters. The summed E-state index contributed by atoms with van der Waals surface area (Å²) < 4.78 is 5.40. The number of nitrogens with zero attached hydrogens (tertiary/aromatic N) is 2. The predicted molar refractivity (Wildman–Crippen MR) is 128 cm³/mol. The number of rotatable bonds is 7. The van der Waals surface area contributed by atoms with E-state index in [0.717, 1.165) is 22.3 Å². The Morgan fingerprint density at radius 2 is 1.82 bits per heavy atom. The van der Waals surface area contributed by atoms with Crippen molar-refractivity contribution >= 4 is 11.8 Å². The number of carbonyl (C=O) groups is 2. The Balaban J connectivity index is 1.58. The molecular weight excluding hydrogens is 414 g/mol. The second-order valence-corrected chi connectivity index (χ2v) is 8.49. The first kappa shape index (κ1) is 22.5. The summed E-state index contributed by atoms with van der Waals surface area (Å²) in [5.74, 6) is 0.676. The van der Waals surface area contributed by atoms with Crippen LogP contribution in [0, 0.1) is 5.41 Å². The van der Waals surface area contributed by atoms with E-state index in [1.807, 2.05) is 59.6 Å². The number of para-hydroxylation sites is 1. The van der Waals surface area contributed by atoms with Crippen LogP contribution in [0.1, 0.15) is 17.5 Å². The molecule has 1 fully saturated rings. The third kappa shape index (κ3) is 4.75. The fraction of sp³-hybridized carbons (Fsp3) is 0.296. The number of carbonyl (C=O) groups excluding carboxylic acids is 2. The average molecular weight is 444 g/mol. The van der Waals surface area contributed by atoms with E-state index < -0.39 is 5.41 Å². The monoisotopic (exact) mass is 443 g/mol. The van der Waals surface area contributed by atoms with Gasteiger partial charge in [0, 0.05) is 43.7 Å². The first-order chi connectivity index (χ1) is 16.1. The number of methoxy groups -OCH3 is 1. The van der Waals surface area contributed by atoms with E-state index in [1.54, 1.807) is 20.4 Å². The van der Waals surface area contributed by atoms with E-state index in [-0.39, 0.29) is 18.2 Å². The Morgan fingerprint density at radius 3 is 2.55 bits per heavy atom. The summed E-state index contributed by atoms with van der Waals surface area (Å²) in [6.07, 6.45) is 5.01. The molecule has 0 saturated carbocycles. The number of hydrogen-bond donors (Lipinski definition) is 1. The minimum Gasteiger partial charge on any atom is -0.496 e. The molecule has 2 amide bonds. The molecule has 1 aliphatic rings. The lowest BCUT2D eigenvalue weighted by Crippen LogP contribution is -2.44. The molecule has 0 radical (unpaired) electrons. The summed E-state index contributed by atoms with van der Waals surface area (Å²) in [5, 5.41) is 2.85. The maximum atomic E-state index is 13.2. The summed E-state index contributed by atoms with van der Waals surface area (Å²) in [7, 11) is 3.27. The van der Waals surface area contributed by atoms with E-state index in [9.17, 15) is 9.59 Å². The van der Waals surface area contributed by atoms with Gasteiger partial charge in [0.05, 0.1) is 18.9 Å². The van der Waals surface area contributed by atoms with Crippen molar-refractivity contribution in [3.8, 4) is 16.9 Å². The van der Waals surface area contributed by atoms with E-state index in [1.165, 1.54) is 0 Å². The maximum Gasteiger partial charge on any atom is 0.228 e. The van der Waals surface area contributed by atoms with Crippen molar-refractivity contribution in [1.82, 2.24) is 15.2 Å². The summed E-state index contributed by atoms with van der Waals surface area (Å²) >= 11 is 0. The lowest BCUT2D eigenvalue weighted by atomic mass is 9.78. The van der Waals surface area contributed by atoms with Gasteiger partial charge in [0.25, 0.3) is 0 Å². The van der Waals surface area contributed by atoms with Crippen LogP contribution in [0.15, 0.2) is 73.1 Å². The highest BCUT2D eigenvalue weighted by Gasteiger charge is 2.45. The number of hydrogen-bond acceptors (Lipinski definition) is 4. The van der Waals surface area contributed by atoms with Crippen molar-refractivity contribution in [1.29, 1.82) is 0 Å². The number of aromatic nitrogens is 1. The van der Waals surface area contributed by atoms with E-state index in [4.69, 9.17) is 4.74 Å². The SMILES string of the molecule is CNC(=O)[C@]1(Cc2ccccc2-c2cccnc2)CCN(C(=O)Cc2ccccc2OC)C1. The zero-order valence-corrected chi connectivity index (χ0v) is 19.1. The van der Waals surface area contributed by atoms with Crippen LogP contribution >= 0.6 is 0 Å². The van der Waals surface area contributed by atoms with Crippen molar-refractivity contribution in [3.63, 3.8) is 0 Å². The van der Waals surface area contributed by atoms with Crippen molar-refractivity contribution in [2.24, 2.45) is 5.41 Å². The van der Waals surface area contributed by atoms with Crippen LogP contribution in [-0.2, 0) is 22.4 Å². The Labute approximate surface area is 194 Å². The van der Waals surface area contributed by atoms with Crippen LogP contribution < -0.4 is 10.1 Å². The normalized spacial score (nSPS) is 17.6. The Kier molecular flexibility index (Phi) is 6.73. The number of nitrogens with one attached hydrogen (secondary N) is 1. The molecule has 2 aromatic carbocycles. The van der Waals surface area contributed by atoms with Crippen molar-refractivity contribution in [3.05, 3.63) is 84.2 Å². The molecule has 6 nitrogen and oxygen atoms in total. The topological polar surface area (TPSA) is 71.5 Å². The maximum absolute atomic E-state index is 13.2. The summed E-state index contributed by atoms with van der Waals surface area (Å²) in [6.45, 7) is 0.943. The number of likely N-dealkylation sites (tertiary alicyclic amines) is 1. The lowest BCUT2D eigenvalue weighted by Gasteiger charge is -2.28. The minimum absolute atomic E-state index is 0.00539. The molecule has 2 heterocycles. The van der Waals surface area contributed by atoms with Crippen molar-refractivity contribution < 1.29 is 14.3 Å². The second-order valence-electron chi connectivity index (χ2n) is 8.49. The Hall–Kier alpha value is -3.67. The molecule has 3 aromatic rings. The van der Waals surface area contributed by atoms with Gasteiger partial charge in [0.2, 0.25) is 11.8 Å². The van der Waals surface area contributed by atoms with Gasteiger partial charge in [0.1, 0.15) is 5.75 Å². The third-order valence-corrected chi connectivity index (χ3v) is 6.47. The van der Waals surface area contributed by atoms with Crippen LogP contribution in [0.3, 0.4) is 0 Å². The van der Waals surface area contributed by atoms with Crippen LogP contribution in [0.5, 0.6) is 5.75 Å². The highest BCUT2D eigenvalue weighted by molar-refractivity contribution is 5.86. The first-order valence-electron chi connectivity index (χ1n) is 11.2. The van der Waals surface area contributed by atoms with Gasteiger partial charge in [-0.3, -0.25) is 14.6 Å². The highest BCUT2D eigenvalue weighted by atomic mass is 16.5. The van der Waals surface area contributed by atoms with Crippen LogP contribution in [-0.4, -0.2) is 48.9 Å². The zero-order valence-electron chi connectivity index (χ0n) is 19.1. The largest absolute Gasteiger partial charge is 0.496 e. The fourth-order valence-electron chi connectivity index (χ4n) is 4.73. The molecule has 33 heavy (non-hydrogen) atoms. The summed E-state index contributed by atoms with van der Waals surface area (Å²) in [5.41, 5.74) is 3.33. The second kappa shape index (κ2) is 9.86. The van der Waals surface area contributed by atoms with Gasteiger partial charge in [0.15, 0.2) is 0 Å². The molecule has 0 spiro atoms. The Morgan fingerprint density at radius 1 is 1.06 bits per heavy atom. The van der Waals surface area contributed by atoms with E-state index >= 15 is 0 Å². The molecule has 1 N–H and O–H groups in total. The predicted octanol–water partition coefficient (Wildman–Crippen LogP) is 3.51. The number of amides is 2. The number of benzene rings is 2. The molecular formula is C27H29N3O3. The summed E-state index contributed by atoms with van der Waals surface area (Å²) in [4.78, 5) is 32.3. The van der Waals surface area contributed by atoms with Gasteiger partial charge in [-0.25, -0.2) is 0 Å². The van der Waals surface area contributed by atoms with Gasteiger partial charge < -0.3 is 15.0 Å². The van der Waals surface area contributed by atoms with E-state index in [0.29, 0.717) is 31.7 Å². The molecule has 1 aromatic heterocycles. The Bertz CT molecular complexity index is 1130. The molecule has 1 saturated heterocycles. The zero-order chi connectivity index (χ0) is 23.3. The molecule has 6 heteroatoms. The van der Waals surface area contributed by atoms with Crippen molar-refractivity contribution in [2.45, 2.75) is 19.3 Å². The summed E-state index contributed by atoms with van der Waals surface area (Å²) in [6, 6.07) is 19.6. The number of ether oxygens (including phenoxy) is 1. The fourth-order valence-corrected chi connectivity index (χ4v) is 4.73.